The van der Waals surface area contributed by atoms with E-state index in [1.807, 2.05) is 6.20 Å². The molecule has 3 rings (SSSR count). The first-order valence-corrected chi connectivity index (χ1v) is 6.90. The summed E-state index contributed by atoms with van der Waals surface area (Å²) in [5.74, 6) is 1.58. The molecule has 3 heteroatoms. The van der Waals surface area contributed by atoms with E-state index >= 15 is 0 Å². The molecule has 0 saturated heterocycles. The van der Waals surface area contributed by atoms with Crippen molar-refractivity contribution in [1.29, 1.82) is 0 Å². The molecule has 0 bridgehead atoms. The average molecular weight is 245 g/mol. The Balaban J connectivity index is 1.96. The van der Waals surface area contributed by atoms with Crippen LogP contribution in [0.2, 0.25) is 0 Å². The van der Waals surface area contributed by atoms with E-state index in [0.29, 0.717) is 11.3 Å². The average Bonchev–Trinajstić information content (AvgIpc) is 2.85. The minimum absolute atomic E-state index is 0.102. The Morgan fingerprint density at radius 3 is 2.50 bits per heavy atom. The largest absolute Gasteiger partial charge is 0.324 e. The van der Waals surface area contributed by atoms with Crippen molar-refractivity contribution in [1.82, 2.24) is 9.97 Å². The number of aromatic nitrogens is 2. The van der Waals surface area contributed by atoms with E-state index in [9.17, 15) is 0 Å². The first-order valence-electron chi connectivity index (χ1n) is 6.90. The summed E-state index contributed by atoms with van der Waals surface area (Å²) in [5.41, 5.74) is 9.24. The molecule has 2 aliphatic carbocycles. The fraction of sp³-hybridized carbons (Fsp3) is 0.733. The normalized spacial score (nSPS) is 31.8. The van der Waals surface area contributed by atoms with Crippen molar-refractivity contribution < 1.29 is 0 Å². The van der Waals surface area contributed by atoms with Crippen molar-refractivity contribution in [2.75, 3.05) is 0 Å². The van der Waals surface area contributed by atoms with E-state index in [2.05, 4.69) is 32.7 Å². The van der Waals surface area contributed by atoms with Crippen LogP contribution in [0.3, 0.4) is 0 Å². The molecule has 1 saturated carbocycles. The molecule has 0 spiro atoms. The Bertz CT molecular complexity index is 491. The zero-order valence-corrected chi connectivity index (χ0v) is 11.8. The van der Waals surface area contributed by atoms with Crippen molar-refractivity contribution in [3.05, 3.63) is 23.3 Å². The zero-order chi connectivity index (χ0) is 13.1. The Labute approximate surface area is 109 Å². The second-order valence-electron chi connectivity index (χ2n) is 7.53. The number of nitrogens with two attached hydrogens (primary N) is 1. The number of hydrogen-bond acceptors (Lipinski definition) is 3. The molecule has 1 aromatic heterocycles. The Morgan fingerprint density at radius 2 is 1.89 bits per heavy atom. The molecule has 0 amide bonds. The van der Waals surface area contributed by atoms with Crippen molar-refractivity contribution >= 4 is 0 Å². The predicted octanol–water partition coefficient (Wildman–Crippen LogP) is 2.96. The predicted molar refractivity (Wildman–Crippen MR) is 72.2 cm³/mol. The quantitative estimate of drug-likeness (QED) is 0.827. The van der Waals surface area contributed by atoms with Gasteiger partial charge in [-0.25, -0.2) is 9.97 Å². The lowest BCUT2D eigenvalue weighted by Crippen LogP contribution is -2.31. The van der Waals surface area contributed by atoms with Crippen molar-refractivity contribution in [2.45, 2.75) is 58.9 Å². The van der Waals surface area contributed by atoms with Gasteiger partial charge in [-0.15, -0.1) is 0 Å². The summed E-state index contributed by atoms with van der Waals surface area (Å²) in [6, 6.07) is 0.102. The van der Waals surface area contributed by atoms with E-state index in [1.165, 1.54) is 12.1 Å². The maximum atomic E-state index is 6.24. The molecular weight excluding hydrogens is 222 g/mol. The molecule has 2 atom stereocenters. The van der Waals surface area contributed by atoms with E-state index in [1.54, 1.807) is 0 Å². The summed E-state index contributed by atoms with van der Waals surface area (Å²) >= 11 is 0. The van der Waals surface area contributed by atoms with Crippen molar-refractivity contribution in [3.8, 4) is 0 Å². The highest BCUT2D eigenvalue weighted by atomic mass is 14.9. The highest BCUT2D eigenvalue weighted by Gasteiger charge is 2.49. The minimum atomic E-state index is 0.102. The lowest BCUT2D eigenvalue weighted by Gasteiger charge is -2.34. The third-order valence-corrected chi connectivity index (χ3v) is 4.56. The SMILES string of the molecule is CC1(C)Cc2nc(C3CC3(C)C)ncc2C(N)C1. The molecule has 0 aromatic carbocycles. The van der Waals surface area contributed by atoms with Crippen LogP contribution in [0.1, 0.15) is 69.6 Å². The van der Waals surface area contributed by atoms with Gasteiger partial charge in [0.15, 0.2) is 0 Å². The van der Waals surface area contributed by atoms with Crippen LogP contribution < -0.4 is 5.73 Å². The van der Waals surface area contributed by atoms with Gasteiger partial charge in [-0.1, -0.05) is 27.7 Å². The maximum Gasteiger partial charge on any atom is 0.132 e. The van der Waals surface area contributed by atoms with Crippen LogP contribution >= 0.6 is 0 Å². The second-order valence-corrected chi connectivity index (χ2v) is 7.53. The van der Waals surface area contributed by atoms with Crippen LogP contribution in [0, 0.1) is 10.8 Å². The summed E-state index contributed by atoms with van der Waals surface area (Å²) in [5, 5.41) is 0. The molecule has 1 heterocycles. The third-order valence-electron chi connectivity index (χ3n) is 4.56. The zero-order valence-electron chi connectivity index (χ0n) is 11.8. The number of hydrogen-bond donors (Lipinski definition) is 1. The molecule has 1 fully saturated rings. The lowest BCUT2D eigenvalue weighted by molar-refractivity contribution is 0.277. The first-order chi connectivity index (χ1) is 8.28. The molecule has 1 aromatic rings. The third kappa shape index (κ3) is 1.95. The highest BCUT2D eigenvalue weighted by Crippen LogP contribution is 2.57. The van der Waals surface area contributed by atoms with Gasteiger partial charge in [-0.05, 0) is 30.1 Å². The molecule has 0 aliphatic heterocycles. The monoisotopic (exact) mass is 245 g/mol. The Morgan fingerprint density at radius 1 is 1.22 bits per heavy atom. The van der Waals surface area contributed by atoms with Crippen LogP contribution in [0.25, 0.3) is 0 Å². The first kappa shape index (κ1) is 12.1. The molecule has 18 heavy (non-hydrogen) atoms. The minimum Gasteiger partial charge on any atom is -0.324 e. The van der Waals surface area contributed by atoms with E-state index in [0.717, 1.165) is 24.2 Å². The van der Waals surface area contributed by atoms with Gasteiger partial charge in [0.25, 0.3) is 0 Å². The fourth-order valence-corrected chi connectivity index (χ4v) is 3.20. The summed E-state index contributed by atoms with van der Waals surface area (Å²) in [6.07, 6.45) is 5.24. The maximum absolute atomic E-state index is 6.24. The Kier molecular flexibility index (Phi) is 2.37. The van der Waals surface area contributed by atoms with Crippen LogP contribution in [0.15, 0.2) is 6.20 Å². The molecule has 2 N–H and O–H groups in total. The van der Waals surface area contributed by atoms with Gasteiger partial charge in [0, 0.05) is 29.4 Å². The van der Waals surface area contributed by atoms with Gasteiger partial charge in [-0.3, -0.25) is 0 Å². The molecule has 3 nitrogen and oxygen atoms in total. The Hall–Kier alpha value is -0.960. The van der Waals surface area contributed by atoms with E-state index in [4.69, 9.17) is 10.7 Å². The summed E-state index contributed by atoms with van der Waals surface area (Å²) in [7, 11) is 0. The molecule has 2 unspecified atom stereocenters. The second kappa shape index (κ2) is 3.53. The van der Waals surface area contributed by atoms with Crippen molar-refractivity contribution in [3.63, 3.8) is 0 Å². The van der Waals surface area contributed by atoms with Crippen LogP contribution in [0.5, 0.6) is 0 Å². The lowest BCUT2D eigenvalue weighted by atomic mass is 9.74. The van der Waals surface area contributed by atoms with Gasteiger partial charge in [0.2, 0.25) is 0 Å². The van der Waals surface area contributed by atoms with Gasteiger partial charge in [-0.2, -0.15) is 0 Å². The number of rotatable bonds is 1. The summed E-state index contributed by atoms with van der Waals surface area (Å²) < 4.78 is 0. The van der Waals surface area contributed by atoms with Gasteiger partial charge in [0.1, 0.15) is 5.82 Å². The summed E-state index contributed by atoms with van der Waals surface area (Å²) in [6.45, 7) is 9.13. The van der Waals surface area contributed by atoms with Gasteiger partial charge < -0.3 is 5.73 Å². The number of fused-ring (bicyclic) bond motifs is 1. The molecule has 0 radical (unpaired) electrons. The van der Waals surface area contributed by atoms with Crippen LogP contribution in [-0.2, 0) is 6.42 Å². The van der Waals surface area contributed by atoms with E-state index in [-0.39, 0.29) is 11.5 Å². The standard InChI is InChI=1S/C15H23N3/c1-14(2)6-11(16)9-8-17-13(18-12(9)7-14)10-5-15(10,3)4/h8,10-11H,5-7,16H2,1-4H3. The van der Waals surface area contributed by atoms with Gasteiger partial charge in [0.05, 0.1) is 0 Å². The van der Waals surface area contributed by atoms with Crippen LogP contribution in [-0.4, -0.2) is 9.97 Å². The molecular formula is C15H23N3. The number of nitrogens with zero attached hydrogens (tertiary/aromatic N) is 2. The van der Waals surface area contributed by atoms with Crippen molar-refractivity contribution in [2.24, 2.45) is 16.6 Å². The smallest absolute Gasteiger partial charge is 0.132 e. The highest BCUT2D eigenvalue weighted by molar-refractivity contribution is 5.28. The fourth-order valence-electron chi connectivity index (χ4n) is 3.20. The van der Waals surface area contributed by atoms with Gasteiger partial charge >= 0.3 is 0 Å². The topological polar surface area (TPSA) is 51.8 Å². The molecule has 98 valence electrons. The van der Waals surface area contributed by atoms with E-state index < -0.39 is 0 Å². The molecule has 2 aliphatic rings. The summed E-state index contributed by atoms with van der Waals surface area (Å²) in [4.78, 5) is 9.38. The van der Waals surface area contributed by atoms with Crippen LogP contribution in [0.4, 0.5) is 0 Å².